The standard InChI is InChI=1S/C12H16ClNO2Si/c1-8(15)10-7-9(5-6-17(2,3)4)11(16)12(13)14-10/h7-8,15-16H,1-4H3. The number of aromatic nitrogens is 1. The Kier molecular flexibility index (Phi) is 4.20. The van der Waals surface area contributed by atoms with E-state index in [2.05, 4.69) is 36.1 Å². The fourth-order valence-electron chi connectivity index (χ4n) is 1.09. The maximum Gasteiger partial charge on any atom is 0.172 e. The Bertz CT molecular complexity index is 484. The van der Waals surface area contributed by atoms with Crippen molar-refractivity contribution in [2.45, 2.75) is 32.7 Å². The topological polar surface area (TPSA) is 53.4 Å². The van der Waals surface area contributed by atoms with Crippen molar-refractivity contribution in [2.24, 2.45) is 0 Å². The first-order valence-corrected chi connectivity index (χ1v) is 9.19. The summed E-state index contributed by atoms with van der Waals surface area (Å²) in [5.74, 6) is 2.79. The Hall–Kier alpha value is -1.02. The second-order valence-corrected chi connectivity index (χ2v) is 10.0. The lowest BCUT2D eigenvalue weighted by molar-refractivity contribution is 0.194. The van der Waals surface area contributed by atoms with Crippen LogP contribution in [0.5, 0.6) is 5.75 Å². The number of aliphatic hydroxyl groups is 1. The van der Waals surface area contributed by atoms with Gasteiger partial charge in [0.05, 0.1) is 17.4 Å². The van der Waals surface area contributed by atoms with Gasteiger partial charge >= 0.3 is 0 Å². The fourth-order valence-corrected chi connectivity index (χ4v) is 1.80. The first kappa shape index (κ1) is 14.0. The van der Waals surface area contributed by atoms with Crippen LogP contribution in [0.25, 0.3) is 0 Å². The zero-order chi connectivity index (χ0) is 13.2. The van der Waals surface area contributed by atoms with Crippen LogP contribution in [-0.2, 0) is 0 Å². The Labute approximate surface area is 107 Å². The van der Waals surface area contributed by atoms with E-state index in [0.717, 1.165) is 0 Å². The molecule has 2 N–H and O–H groups in total. The third-order valence-electron chi connectivity index (χ3n) is 1.97. The smallest absolute Gasteiger partial charge is 0.172 e. The third-order valence-corrected chi connectivity index (χ3v) is 3.11. The highest BCUT2D eigenvalue weighted by atomic mass is 35.5. The van der Waals surface area contributed by atoms with Gasteiger partial charge in [-0.1, -0.05) is 37.2 Å². The average molecular weight is 270 g/mol. The zero-order valence-corrected chi connectivity index (χ0v) is 12.1. The van der Waals surface area contributed by atoms with Crippen molar-refractivity contribution in [3.63, 3.8) is 0 Å². The zero-order valence-electron chi connectivity index (χ0n) is 10.4. The van der Waals surface area contributed by atoms with Crippen LogP contribution < -0.4 is 0 Å². The summed E-state index contributed by atoms with van der Waals surface area (Å²) in [4.78, 5) is 3.89. The molecular weight excluding hydrogens is 254 g/mol. The second kappa shape index (κ2) is 5.09. The van der Waals surface area contributed by atoms with Crippen LogP contribution in [0.4, 0.5) is 0 Å². The first-order valence-electron chi connectivity index (χ1n) is 5.31. The number of hydrogen-bond donors (Lipinski definition) is 2. The number of hydrogen-bond acceptors (Lipinski definition) is 3. The van der Waals surface area contributed by atoms with Crippen LogP contribution in [0.3, 0.4) is 0 Å². The average Bonchev–Trinajstić information content (AvgIpc) is 2.18. The van der Waals surface area contributed by atoms with Gasteiger partial charge in [0.15, 0.2) is 10.9 Å². The third kappa shape index (κ3) is 4.04. The molecule has 0 aromatic carbocycles. The molecule has 0 aliphatic heterocycles. The Morgan fingerprint density at radius 2 is 2.00 bits per heavy atom. The predicted molar refractivity (Wildman–Crippen MR) is 71.8 cm³/mol. The highest BCUT2D eigenvalue weighted by molar-refractivity contribution is 6.83. The molecule has 0 saturated heterocycles. The van der Waals surface area contributed by atoms with E-state index in [1.807, 2.05) is 0 Å². The number of pyridine rings is 1. The summed E-state index contributed by atoms with van der Waals surface area (Å²) in [6.45, 7) is 7.91. The van der Waals surface area contributed by atoms with Gasteiger partial charge in [-0.3, -0.25) is 0 Å². The molecule has 0 aliphatic rings. The molecule has 92 valence electrons. The largest absolute Gasteiger partial charge is 0.504 e. The van der Waals surface area contributed by atoms with Crippen molar-refractivity contribution in [3.8, 4) is 17.2 Å². The van der Waals surface area contributed by atoms with Crippen molar-refractivity contribution in [3.05, 3.63) is 22.5 Å². The van der Waals surface area contributed by atoms with Gasteiger partial charge in [0.25, 0.3) is 0 Å². The molecular formula is C12H16ClNO2Si. The SMILES string of the molecule is CC(O)c1cc(C#C[Si](C)(C)C)c(O)c(Cl)n1. The molecule has 1 aromatic heterocycles. The van der Waals surface area contributed by atoms with Crippen molar-refractivity contribution in [1.82, 2.24) is 4.98 Å². The maximum absolute atomic E-state index is 9.74. The number of aromatic hydroxyl groups is 1. The van der Waals surface area contributed by atoms with Crippen molar-refractivity contribution < 1.29 is 10.2 Å². The number of nitrogens with zero attached hydrogens (tertiary/aromatic N) is 1. The lowest BCUT2D eigenvalue weighted by Crippen LogP contribution is -2.16. The second-order valence-electron chi connectivity index (χ2n) is 4.91. The Morgan fingerprint density at radius 1 is 1.41 bits per heavy atom. The Morgan fingerprint density at radius 3 is 2.47 bits per heavy atom. The molecule has 0 spiro atoms. The molecule has 0 radical (unpaired) electrons. The number of aliphatic hydroxyl groups excluding tert-OH is 1. The number of halogens is 1. The molecule has 1 unspecified atom stereocenters. The first-order chi connectivity index (χ1) is 7.70. The highest BCUT2D eigenvalue weighted by Crippen LogP contribution is 2.27. The summed E-state index contributed by atoms with van der Waals surface area (Å²) >= 11 is 5.78. The van der Waals surface area contributed by atoms with E-state index in [1.54, 1.807) is 13.0 Å². The summed E-state index contributed by atoms with van der Waals surface area (Å²) in [7, 11) is -1.52. The van der Waals surface area contributed by atoms with Crippen LogP contribution >= 0.6 is 11.6 Å². The summed E-state index contributed by atoms with van der Waals surface area (Å²) in [5, 5.41) is 19.2. The van der Waals surface area contributed by atoms with Gasteiger partial charge in [-0.2, -0.15) is 0 Å². The maximum atomic E-state index is 9.74. The summed E-state index contributed by atoms with van der Waals surface area (Å²) in [6.07, 6.45) is -0.736. The monoisotopic (exact) mass is 269 g/mol. The van der Waals surface area contributed by atoms with E-state index in [9.17, 15) is 10.2 Å². The van der Waals surface area contributed by atoms with Crippen LogP contribution in [-0.4, -0.2) is 23.3 Å². The molecule has 0 aliphatic carbocycles. The van der Waals surface area contributed by atoms with Crippen LogP contribution in [0, 0.1) is 11.5 Å². The van der Waals surface area contributed by atoms with Gasteiger partial charge in [0.1, 0.15) is 8.07 Å². The summed E-state index contributed by atoms with van der Waals surface area (Å²) < 4.78 is 0. The number of rotatable bonds is 1. The van der Waals surface area contributed by atoms with E-state index in [0.29, 0.717) is 11.3 Å². The molecule has 5 heteroatoms. The van der Waals surface area contributed by atoms with Gasteiger partial charge in [0, 0.05) is 0 Å². The molecule has 0 saturated carbocycles. The molecule has 1 atom stereocenters. The highest BCUT2D eigenvalue weighted by Gasteiger charge is 2.13. The lowest BCUT2D eigenvalue weighted by atomic mass is 10.2. The van der Waals surface area contributed by atoms with E-state index in [4.69, 9.17) is 11.6 Å². The molecule has 0 bridgehead atoms. The normalized spacial score (nSPS) is 12.8. The quantitative estimate of drug-likeness (QED) is 0.468. The molecule has 17 heavy (non-hydrogen) atoms. The van der Waals surface area contributed by atoms with E-state index in [1.165, 1.54) is 0 Å². The van der Waals surface area contributed by atoms with E-state index in [-0.39, 0.29) is 10.9 Å². The molecule has 3 nitrogen and oxygen atoms in total. The van der Waals surface area contributed by atoms with Crippen molar-refractivity contribution >= 4 is 19.7 Å². The molecule has 1 heterocycles. The minimum absolute atomic E-state index is 0.0247. The van der Waals surface area contributed by atoms with Crippen molar-refractivity contribution in [1.29, 1.82) is 0 Å². The van der Waals surface area contributed by atoms with Crippen LogP contribution in [0.15, 0.2) is 6.07 Å². The lowest BCUT2D eigenvalue weighted by Gasteiger charge is -2.08. The van der Waals surface area contributed by atoms with Gasteiger partial charge in [-0.05, 0) is 13.0 Å². The predicted octanol–water partition coefficient (Wildman–Crippen LogP) is 2.72. The fraction of sp³-hybridized carbons (Fsp3) is 0.417. The summed E-state index contributed by atoms with van der Waals surface area (Å²) in [6, 6.07) is 1.57. The van der Waals surface area contributed by atoms with E-state index < -0.39 is 14.2 Å². The van der Waals surface area contributed by atoms with E-state index >= 15 is 0 Å². The Balaban J connectivity index is 3.27. The van der Waals surface area contributed by atoms with Gasteiger partial charge in [-0.25, -0.2) is 4.98 Å². The van der Waals surface area contributed by atoms with Crippen molar-refractivity contribution in [2.75, 3.05) is 0 Å². The van der Waals surface area contributed by atoms with Crippen LogP contribution in [0.1, 0.15) is 24.3 Å². The molecule has 1 rings (SSSR count). The minimum Gasteiger partial charge on any atom is -0.504 e. The summed E-state index contributed by atoms with van der Waals surface area (Å²) in [5.41, 5.74) is 3.96. The molecule has 1 aromatic rings. The van der Waals surface area contributed by atoms with Gasteiger partial charge < -0.3 is 10.2 Å². The molecule has 0 amide bonds. The van der Waals surface area contributed by atoms with Gasteiger partial charge in [0.2, 0.25) is 0 Å². The molecule has 0 fully saturated rings. The van der Waals surface area contributed by atoms with Crippen LogP contribution in [0.2, 0.25) is 24.8 Å². The minimum atomic E-state index is -1.52. The van der Waals surface area contributed by atoms with Gasteiger partial charge in [-0.15, -0.1) is 5.54 Å².